The molecule has 184 valence electrons. The Bertz CT molecular complexity index is 976. The Hall–Kier alpha value is -3.74. The molecule has 3 amide bonds. The van der Waals surface area contributed by atoms with E-state index >= 15 is 0 Å². The summed E-state index contributed by atoms with van der Waals surface area (Å²) in [7, 11) is 1.55. The highest BCUT2D eigenvalue weighted by molar-refractivity contribution is 6.08. The van der Waals surface area contributed by atoms with Crippen molar-refractivity contribution in [3.63, 3.8) is 0 Å². The number of amidine groups is 1. The number of hydrogen-bond donors (Lipinski definition) is 4. The number of hydrogen-bond acceptors (Lipinski definition) is 7. The number of carbonyl (C=O) groups excluding carboxylic acids is 3. The van der Waals surface area contributed by atoms with Crippen LogP contribution in [0.25, 0.3) is 0 Å². The van der Waals surface area contributed by atoms with Gasteiger partial charge >= 0.3 is 12.1 Å². The average molecular weight is 482 g/mol. The minimum absolute atomic E-state index is 0.00785. The molecule has 0 aromatic heterocycles. The summed E-state index contributed by atoms with van der Waals surface area (Å²) in [5.41, 5.74) is 6.04. The van der Waals surface area contributed by atoms with Crippen LogP contribution in [0, 0.1) is 5.41 Å². The highest BCUT2D eigenvalue weighted by atomic mass is 19.4. The second-order valence-corrected chi connectivity index (χ2v) is 7.18. The minimum Gasteiger partial charge on any atom is -0.405 e. The van der Waals surface area contributed by atoms with E-state index in [9.17, 15) is 27.6 Å². The van der Waals surface area contributed by atoms with Gasteiger partial charge in [-0.2, -0.15) is 13.2 Å². The number of nitrogens with two attached hydrogens (primary N) is 1. The third-order valence-corrected chi connectivity index (χ3v) is 4.89. The van der Waals surface area contributed by atoms with Crippen molar-refractivity contribution in [2.24, 2.45) is 10.7 Å². The normalized spacial score (nSPS) is 16.9. The molecule has 34 heavy (non-hydrogen) atoms. The number of benzene rings is 1. The first-order valence-corrected chi connectivity index (χ1v) is 10.1. The van der Waals surface area contributed by atoms with Crippen molar-refractivity contribution < 1.29 is 32.3 Å². The van der Waals surface area contributed by atoms with Gasteiger partial charge in [-0.25, -0.2) is 0 Å². The van der Waals surface area contributed by atoms with Gasteiger partial charge in [0.05, 0.1) is 25.7 Å². The number of morpholine rings is 1. The predicted octanol–water partition coefficient (Wildman–Crippen LogP) is 0.581. The molecule has 1 fully saturated rings. The molecule has 0 radical (unpaired) electrons. The number of alkyl halides is 3. The molecular formula is C21H25F3N6O4. The Morgan fingerprint density at radius 1 is 1.26 bits per heavy atom. The molecule has 5 N–H and O–H groups in total. The van der Waals surface area contributed by atoms with Gasteiger partial charge in [0.2, 0.25) is 5.91 Å². The van der Waals surface area contributed by atoms with E-state index in [1.807, 2.05) is 0 Å². The number of nitrogens with zero attached hydrogens (tertiary/aromatic N) is 2. The van der Waals surface area contributed by atoms with Crippen LogP contribution in [0.1, 0.15) is 22.3 Å². The van der Waals surface area contributed by atoms with Crippen LogP contribution in [0.5, 0.6) is 0 Å². The zero-order valence-corrected chi connectivity index (χ0v) is 18.3. The summed E-state index contributed by atoms with van der Waals surface area (Å²) >= 11 is 0. The Morgan fingerprint density at radius 2 is 1.91 bits per heavy atom. The molecule has 0 spiro atoms. The zero-order chi connectivity index (χ0) is 25.3. The number of rotatable bonds is 7. The third kappa shape index (κ3) is 7.40. The van der Waals surface area contributed by atoms with E-state index in [2.05, 4.69) is 10.3 Å². The second kappa shape index (κ2) is 11.9. The van der Waals surface area contributed by atoms with Crippen molar-refractivity contribution in [2.45, 2.75) is 18.6 Å². The van der Waals surface area contributed by atoms with E-state index in [1.165, 1.54) is 41.9 Å². The second-order valence-electron chi connectivity index (χ2n) is 7.18. The molecule has 1 saturated heterocycles. The molecule has 1 atom stereocenters. The average Bonchev–Trinajstić information content (AvgIpc) is 2.81. The Kier molecular flexibility index (Phi) is 9.30. The van der Waals surface area contributed by atoms with Gasteiger partial charge in [-0.1, -0.05) is 12.1 Å². The monoisotopic (exact) mass is 482 g/mol. The van der Waals surface area contributed by atoms with Gasteiger partial charge in [-0.15, -0.1) is 0 Å². The predicted molar refractivity (Wildman–Crippen MR) is 117 cm³/mol. The first kappa shape index (κ1) is 26.5. The number of allylic oxidation sites excluding steroid dienone is 1. The SMILES string of the molecule is CN=C(C=CN)CC(=O)N1CCOCC1CNC(=O)c1ccc(C(=N)NC(=O)C(F)(F)F)cc1. The fourth-order valence-electron chi connectivity index (χ4n) is 3.09. The Balaban J connectivity index is 1.96. The smallest absolute Gasteiger partial charge is 0.405 e. The van der Waals surface area contributed by atoms with E-state index < -0.39 is 29.9 Å². The molecule has 0 saturated carbocycles. The highest BCUT2D eigenvalue weighted by Crippen LogP contribution is 2.15. The summed E-state index contributed by atoms with van der Waals surface area (Å²) in [6.45, 7) is 1.05. The maximum absolute atomic E-state index is 12.7. The lowest BCUT2D eigenvalue weighted by atomic mass is 10.1. The van der Waals surface area contributed by atoms with Crippen LogP contribution in [-0.2, 0) is 14.3 Å². The third-order valence-electron chi connectivity index (χ3n) is 4.89. The fraction of sp³-hybridized carbons (Fsp3) is 0.381. The maximum atomic E-state index is 12.7. The molecule has 1 aromatic carbocycles. The fourth-order valence-corrected chi connectivity index (χ4v) is 3.09. The topological polar surface area (TPSA) is 150 Å². The molecule has 1 aromatic rings. The highest BCUT2D eigenvalue weighted by Gasteiger charge is 2.39. The standard InChI is InChI=1S/C21H25F3N6O4/c1-27-15(6-7-25)10-17(31)30-8-9-34-12-16(30)11-28-19(32)14-4-2-13(3-5-14)18(26)29-20(33)21(22,23)24/h2-7,16H,8-12,25H2,1H3,(H,28,32)(H2,26,29,33). The van der Waals surface area contributed by atoms with Crippen molar-refractivity contribution in [1.29, 1.82) is 5.41 Å². The quantitative estimate of drug-likeness (QED) is 0.331. The van der Waals surface area contributed by atoms with Crippen LogP contribution >= 0.6 is 0 Å². The zero-order valence-electron chi connectivity index (χ0n) is 18.3. The van der Waals surface area contributed by atoms with Gasteiger partial charge in [-0.3, -0.25) is 24.8 Å². The lowest BCUT2D eigenvalue weighted by Crippen LogP contribution is -2.53. The summed E-state index contributed by atoms with van der Waals surface area (Å²) in [4.78, 5) is 41.7. The van der Waals surface area contributed by atoms with Gasteiger partial charge < -0.3 is 26.0 Å². The van der Waals surface area contributed by atoms with E-state index in [-0.39, 0.29) is 36.6 Å². The van der Waals surface area contributed by atoms with E-state index in [0.717, 1.165) is 0 Å². The molecule has 0 bridgehead atoms. The summed E-state index contributed by atoms with van der Waals surface area (Å²) in [5, 5.41) is 11.7. The lowest BCUT2D eigenvalue weighted by molar-refractivity contribution is -0.171. The number of aliphatic imine (C=N–C) groups is 1. The van der Waals surface area contributed by atoms with Crippen LogP contribution in [0.2, 0.25) is 0 Å². The van der Waals surface area contributed by atoms with Crippen LogP contribution < -0.4 is 16.4 Å². The first-order chi connectivity index (χ1) is 16.1. The summed E-state index contributed by atoms with van der Waals surface area (Å²) in [6.07, 6.45) is -2.24. The molecule has 13 heteroatoms. The number of nitrogens with one attached hydrogen (secondary N) is 3. The molecule has 1 aliphatic rings. The number of halogens is 3. The van der Waals surface area contributed by atoms with Crippen LogP contribution in [0.15, 0.2) is 41.5 Å². The van der Waals surface area contributed by atoms with Crippen molar-refractivity contribution in [2.75, 3.05) is 33.4 Å². The number of carbonyl (C=O) groups is 3. The van der Waals surface area contributed by atoms with Gasteiger partial charge in [0.1, 0.15) is 5.84 Å². The molecule has 2 rings (SSSR count). The molecule has 1 aliphatic heterocycles. The van der Waals surface area contributed by atoms with Crippen LogP contribution in [0.4, 0.5) is 13.2 Å². The van der Waals surface area contributed by atoms with Crippen LogP contribution in [0.3, 0.4) is 0 Å². The van der Waals surface area contributed by atoms with Crippen molar-refractivity contribution in [3.8, 4) is 0 Å². The number of amides is 3. The van der Waals surface area contributed by atoms with Crippen LogP contribution in [-0.4, -0.2) is 79.7 Å². The molecule has 0 aliphatic carbocycles. The minimum atomic E-state index is -5.11. The van der Waals surface area contributed by atoms with Crippen molar-refractivity contribution >= 4 is 29.3 Å². The Labute approximate surface area is 193 Å². The Morgan fingerprint density at radius 3 is 2.50 bits per heavy atom. The summed E-state index contributed by atoms with van der Waals surface area (Å²) in [5.74, 6) is -3.69. The largest absolute Gasteiger partial charge is 0.471 e. The van der Waals surface area contributed by atoms with Gasteiger partial charge in [-0.05, 0) is 24.4 Å². The van der Waals surface area contributed by atoms with Crippen molar-refractivity contribution in [1.82, 2.24) is 15.5 Å². The molecule has 1 heterocycles. The van der Waals surface area contributed by atoms with E-state index in [1.54, 1.807) is 11.9 Å². The number of ether oxygens (including phenoxy) is 1. The maximum Gasteiger partial charge on any atom is 0.471 e. The lowest BCUT2D eigenvalue weighted by Gasteiger charge is -2.35. The van der Waals surface area contributed by atoms with Gasteiger partial charge in [0, 0.05) is 37.0 Å². The van der Waals surface area contributed by atoms with Crippen molar-refractivity contribution in [3.05, 3.63) is 47.7 Å². The molecular weight excluding hydrogens is 457 g/mol. The van der Waals surface area contributed by atoms with E-state index in [0.29, 0.717) is 18.9 Å². The summed E-state index contributed by atoms with van der Waals surface area (Å²) < 4.78 is 42.4. The van der Waals surface area contributed by atoms with E-state index in [4.69, 9.17) is 15.9 Å². The van der Waals surface area contributed by atoms with Gasteiger partial charge in [0.15, 0.2) is 0 Å². The van der Waals surface area contributed by atoms with Gasteiger partial charge in [0.25, 0.3) is 5.91 Å². The molecule has 10 nitrogen and oxygen atoms in total. The first-order valence-electron chi connectivity index (χ1n) is 10.1. The summed E-state index contributed by atoms with van der Waals surface area (Å²) in [6, 6.07) is 4.69. The molecule has 1 unspecified atom stereocenters.